The van der Waals surface area contributed by atoms with E-state index in [1.54, 1.807) is 0 Å². The molecule has 0 aliphatic rings. The molecule has 0 spiro atoms. The Labute approximate surface area is 204 Å². The number of carboxylic acids is 1. The van der Waals surface area contributed by atoms with Crippen molar-refractivity contribution in [1.82, 2.24) is 10.3 Å². The van der Waals surface area contributed by atoms with Crippen molar-refractivity contribution in [2.75, 3.05) is 5.75 Å². The third-order valence-electron chi connectivity index (χ3n) is 6.11. The van der Waals surface area contributed by atoms with Crippen LogP contribution in [0.1, 0.15) is 17.5 Å². The van der Waals surface area contributed by atoms with E-state index in [-0.39, 0.29) is 18.2 Å². The second-order valence-electron chi connectivity index (χ2n) is 8.44. The maximum Gasteiger partial charge on any atom is 0.326 e. The Balaban J connectivity index is 1.45. The second-order valence-corrected chi connectivity index (χ2v) is 8.89. The van der Waals surface area contributed by atoms with Crippen LogP contribution in [-0.2, 0) is 22.4 Å². The van der Waals surface area contributed by atoms with E-state index in [0.29, 0.717) is 18.6 Å². The Kier molecular flexibility index (Phi) is 7.70. The smallest absolute Gasteiger partial charge is 0.326 e. The Morgan fingerprint density at radius 3 is 2.26 bits per heavy atom. The molecule has 0 saturated heterocycles. The summed E-state index contributed by atoms with van der Waals surface area (Å²) in [5, 5.41) is 13.5. The molecular weight excluding hydrogens is 444 g/mol. The molecule has 1 aromatic heterocycles. The molecule has 6 heteroatoms. The molecule has 1 unspecified atom stereocenters. The maximum absolute atomic E-state index is 13.1. The molecule has 2 atom stereocenters. The lowest BCUT2D eigenvalue weighted by molar-refractivity contribution is -0.142. The fourth-order valence-corrected chi connectivity index (χ4v) is 4.55. The van der Waals surface area contributed by atoms with E-state index < -0.39 is 12.0 Å². The van der Waals surface area contributed by atoms with Crippen LogP contribution >= 0.6 is 12.6 Å². The number of carbonyl (C=O) groups is 2. The molecule has 4 rings (SSSR count). The van der Waals surface area contributed by atoms with Gasteiger partial charge >= 0.3 is 5.97 Å². The van der Waals surface area contributed by atoms with Gasteiger partial charge in [-0.2, -0.15) is 12.6 Å². The third-order valence-corrected chi connectivity index (χ3v) is 6.36. The van der Waals surface area contributed by atoms with E-state index in [1.807, 2.05) is 60.8 Å². The lowest BCUT2D eigenvalue weighted by Gasteiger charge is -2.20. The van der Waals surface area contributed by atoms with Gasteiger partial charge in [0.05, 0.1) is 0 Å². The highest BCUT2D eigenvalue weighted by Crippen LogP contribution is 2.22. The van der Waals surface area contributed by atoms with Gasteiger partial charge in [-0.25, -0.2) is 4.79 Å². The molecule has 0 aliphatic carbocycles. The van der Waals surface area contributed by atoms with Crippen LogP contribution in [0, 0.1) is 5.92 Å². The molecule has 5 nitrogen and oxygen atoms in total. The van der Waals surface area contributed by atoms with Crippen LogP contribution in [0.15, 0.2) is 85.1 Å². The SMILES string of the molecule is O=C(N[C@@H](Cc1c[nH]c2ccccc12)C(=O)O)C(CCS)Cc1ccc(-c2ccccc2)cc1. The van der Waals surface area contributed by atoms with Gasteiger partial charge in [-0.1, -0.05) is 72.8 Å². The van der Waals surface area contributed by atoms with Gasteiger partial charge in [0.15, 0.2) is 0 Å². The Hall–Kier alpha value is -3.51. The van der Waals surface area contributed by atoms with Gasteiger partial charge in [0.1, 0.15) is 6.04 Å². The van der Waals surface area contributed by atoms with Crippen LogP contribution in [-0.4, -0.2) is 33.8 Å². The molecule has 0 bridgehead atoms. The van der Waals surface area contributed by atoms with Crippen molar-refractivity contribution in [3.05, 3.63) is 96.2 Å². The monoisotopic (exact) mass is 472 g/mol. The van der Waals surface area contributed by atoms with Crippen molar-refractivity contribution >= 4 is 35.4 Å². The summed E-state index contributed by atoms with van der Waals surface area (Å²) < 4.78 is 0. The van der Waals surface area contributed by atoms with E-state index in [2.05, 4.69) is 47.2 Å². The van der Waals surface area contributed by atoms with Crippen molar-refractivity contribution < 1.29 is 14.7 Å². The first-order valence-electron chi connectivity index (χ1n) is 11.4. The molecular formula is C28H28N2O3S. The number of rotatable bonds is 10. The van der Waals surface area contributed by atoms with Crippen LogP contribution in [0.25, 0.3) is 22.0 Å². The number of carboxylic acid groups (broad SMARTS) is 1. The van der Waals surface area contributed by atoms with Crippen LogP contribution in [0.2, 0.25) is 0 Å². The van der Waals surface area contributed by atoms with Crippen molar-refractivity contribution in [3.63, 3.8) is 0 Å². The average Bonchev–Trinajstić information content (AvgIpc) is 3.27. The van der Waals surface area contributed by atoms with Crippen molar-refractivity contribution in [1.29, 1.82) is 0 Å². The van der Waals surface area contributed by atoms with Gasteiger partial charge in [0.2, 0.25) is 5.91 Å². The first kappa shape index (κ1) is 23.6. The second kappa shape index (κ2) is 11.1. The van der Waals surface area contributed by atoms with Crippen molar-refractivity contribution in [2.24, 2.45) is 5.92 Å². The number of hydrogen-bond donors (Lipinski definition) is 4. The van der Waals surface area contributed by atoms with Crippen LogP contribution in [0.3, 0.4) is 0 Å². The molecule has 1 amide bonds. The number of aromatic amines is 1. The quantitative estimate of drug-likeness (QED) is 0.242. The number of fused-ring (bicyclic) bond motifs is 1. The maximum atomic E-state index is 13.1. The zero-order valence-electron chi connectivity index (χ0n) is 18.8. The molecule has 34 heavy (non-hydrogen) atoms. The highest BCUT2D eigenvalue weighted by molar-refractivity contribution is 7.80. The lowest BCUT2D eigenvalue weighted by Crippen LogP contribution is -2.45. The zero-order chi connectivity index (χ0) is 23.9. The summed E-state index contributed by atoms with van der Waals surface area (Å²) in [4.78, 5) is 28.2. The number of hydrogen-bond acceptors (Lipinski definition) is 3. The minimum atomic E-state index is -1.05. The van der Waals surface area contributed by atoms with E-state index >= 15 is 0 Å². The topological polar surface area (TPSA) is 82.2 Å². The number of para-hydroxylation sites is 1. The molecule has 0 aliphatic heterocycles. The summed E-state index contributed by atoms with van der Waals surface area (Å²) in [7, 11) is 0. The van der Waals surface area contributed by atoms with Gasteiger partial charge in [0, 0.05) is 29.4 Å². The predicted molar refractivity (Wildman–Crippen MR) is 139 cm³/mol. The zero-order valence-corrected chi connectivity index (χ0v) is 19.7. The minimum Gasteiger partial charge on any atom is -0.480 e. The van der Waals surface area contributed by atoms with E-state index in [0.717, 1.165) is 33.2 Å². The van der Waals surface area contributed by atoms with Crippen molar-refractivity contribution in [2.45, 2.75) is 25.3 Å². The fraction of sp³-hybridized carbons (Fsp3) is 0.214. The number of amides is 1. The van der Waals surface area contributed by atoms with Gasteiger partial charge in [-0.15, -0.1) is 0 Å². The number of aromatic nitrogens is 1. The minimum absolute atomic E-state index is 0.213. The van der Waals surface area contributed by atoms with Crippen LogP contribution in [0.4, 0.5) is 0 Å². The Bertz CT molecular complexity index is 1250. The van der Waals surface area contributed by atoms with Gasteiger partial charge in [-0.3, -0.25) is 4.79 Å². The summed E-state index contributed by atoms with van der Waals surface area (Å²) in [6.07, 6.45) is 3.12. The molecule has 0 fully saturated rings. The van der Waals surface area contributed by atoms with Gasteiger partial charge in [-0.05, 0) is 46.9 Å². The highest BCUT2D eigenvalue weighted by Gasteiger charge is 2.26. The number of nitrogens with one attached hydrogen (secondary N) is 2. The third kappa shape index (κ3) is 5.69. The number of carbonyl (C=O) groups excluding carboxylic acids is 1. The molecule has 174 valence electrons. The molecule has 0 saturated carbocycles. The lowest BCUT2D eigenvalue weighted by atomic mass is 9.94. The number of aliphatic carboxylic acids is 1. The molecule has 3 N–H and O–H groups in total. The van der Waals surface area contributed by atoms with Crippen LogP contribution in [0.5, 0.6) is 0 Å². The molecule has 1 heterocycles. The fourth-order valence-electron chi connectivity index (χ4n) is 4.24. The number of thiol groups is 1. The first-order chi connectivity index (χ1) is 16.5. The summed E-state index contributed by atoms with van der Waals surface area (Å²) in [5.74, 6) is -1.12. The summed E-state index contributed by atoms with van der Waals surface area (Å²) >= 11 is 4.33. The van der Waals surface area contributed by atoms with Crippen molar-refractivity contribution in [3.8, 4) is 11.1 Å². The standard InChI is InChI=1S/C28H28N2O3S/c31-27(30-26(28(32)33)17-23-18-29-25-9-5-4-8-24(23)25)22(14-15-34)16-19-10-12-21(13-11-19)20-6-2-1-3-7-20/h1-13,18,22,26,29,34H,14-17H2,(H,30,31)(H,32,33)/t22?,26-/m0/s1. The van der Waals surface area contributed by atoms with Crippen LogP contribution < -0.4 is 5.32 Å². The highest BCUT2D eigenvalue weighted by atomic mass is 32.1. The number of benzene rings is 3. The predicted octanol–water partition coefficient (Wildman–Crippen LogP) is 5.13. The van der Waals surface area contributed by atoms with E-state index in [9.17, 15) is 14.7 Å². The van der Waals surface area contributed by atoms with Gasteiger partial charge < -0.3 is 15.4 Å². The number of H-pyrrole nitrogens is 1. The van der Waals surface area contributed by atoms with E-state index in [1.165, 1.54) is 0 Å². The summed E-state index contributed by atoms with van der Waals surface area (Å²) in [5.41, 5.74) is 5.10. The molecule has 0 radical (unpaired) electrons. The normalized spacial score (nSPS) is 12.9. The summed E-state index contributed by atoms with van der Waals surface area (Å²) in [6.45, 7) is 0. The Morgan fingerprint density at radius 1 is 0.882 bits per heavy atom. The first-order valence-corrected chi connectivity index (χ1v) is 12.0. The van der Waals surface area contributed by atoms with Gasteiger partial charge in [0.25, 0.3) is 0 Å². The molecule has 3 aromatic carbocycles. The molecule has 4 aromatic rings. The van der Waals surface area contributed by atoms with E-state index in [4.69, 9.17) is 0 Å². The largest absolute Gasteiger partial charge is 0.480 e. The summed E-state index contributed by atoms with van der Waals surface area (Å²) in [6, 6.07) is 25.0. The average molecular weight is 473 g/mol. The Morgan fingerprint density at radius 2 is 1.56 bits per heavy atom.